The molecule has 4 rings (SSSR count). The Balaban J connectivity index is 1.54. The maximum absolute atomic E-state index is 6.18. The maximum atomic E-state index is 6.18. The minimum atomic E-state index is 0.540. The summed E-state index contributed by atoms with van der Waals surface area (Å²) in [5.41, 5.74) is 3.87. The van der Waals surface area contributed by atoms with E-state index < -0.39 is 0 Å². The van der Waals surface area contributed by atoms with Crippen molar-refractivity contribution in [3.05, 3.63) is 77.1 Å². The molecule has 0 radical (unpaired) electrons. The van der Waals surface area contributed by atoms with Crippen molar-refractivity contribution in [2.24, 2.45) is 0 Å². The topological polar surface area (TPSA) is 17.8 Å². The zero-order valence-electron chi connectivity index (χ0n) is 14.4. The van der Waals surface area contributed by atoms with Crippen LogP contribution in [0.2, 0.25) is 5.15 Å². The van der Waals surface area contributed by atoms with Crippen molar-refractivity contribution in [1.82, 2.24) is 9.55 Å². The van der Waals surface area contributed by atoms with Gasteiger partial charge in [-0.25, -0.2) is 4.98 Å². The van der Waals surface area contributed by atoms with Crippen molar-refractivity contribution in [1.29, 1.82) is 0 Å². The van der Waals surface area contributed by atoms with Gasteiger partial charge in [-0.15, -0.1) is 0 Å². The molecule has 0 atom stereocenters. The van der Waals surface area contributed by atoms with E-state index in [9.17, 15) is 0 Å². The first-order valence-corrected chi connectivity index (χ1v) is 9.54. The number of benzene rings is 2. The Morgan fingerprint density at radius 1 is 0.920 bits per heavy atom. The first-order valence-electron chi connectivity index (χ1n) is 9.16. The third-order valence-corrected chi connectivity index (χ3v) is 5.37. The predicted molar refractivity (Wildman–Crippen MR) is 104 cm³/mol. The SMILES string of the molecule is Clc1cn(Cc2ccc(C3CCCCC3)cc2)c(-c2ccccc2)n1. The monoisotopic (exact) mass is 350 g/mol. The van der Waals surface area contributed by atoms with Crippen LogP contribution in [-0.4, -0.2) is 9.55 Å². The molecule has 0 spiro atoms. The maximum Gasteiger partial charge on any atom is 0.147 e. The Bertz CT molecular complexity index is 815. The zero-order chi connectivity index (χ0) is 17.1. The van der Waals surface area contributed by atoms with Crippen molar-refractivity contribution >= 4 is 11.6 Å². The average molecular weight is 351 g/mol. The Kier molecular flexibility index (Phi) is 4.89. The van der Waals surface area contributed by atoms with Gasteiger partial charge >= 0.3 is 0 Å². The molecule has 1 fully saturated rings. The second-order valence-electron chi connectivity index (χ2n) is 6.96. The van der Waals surface area contributed by atoms with Gasteiger partial charge in [-0.3, -0.25) is 0 Å². The summed E-state index contributed by atoms with van der Waals surface area (Å²) < 4.78 is 2.13. The first-order chi connectivity index (χ1) is 12.3. The Morgan fingerprint density at radius 3 is 2.36 bits per heavy atom. The van der Waals surface area contributed by atoms with Gasteiger partial charge in [0.25, 0.3) is 0 Å². The molecule has 1 aliphatic rings. The molecule has 3 aromatic rings. The molecule has 0 bridgehead atoms. The van der Waals surface area contributed by atoms with E-state index >= 15 is 0 Å². The Labute approximate surface area is 154 Å². The largest absolute Gasteiger partial charge is 0.325 e. The second kappa shape index (κ2) is 7.45. The van der Waals surface area contributed by atoms with E-state index in [1.54, 1.807) is 0 Å². The van der Waals surface area contributed by atoms with Gasteiger partial charge in [0.05, 0.1) is 0 Å². The highest BCUT2D eigenvalue weighted by Gasteiger charge is 2.15. The van der Waals surface area contributed by atoms with Gasteiger partial charge in [-0.05, 0) is 29.9 Å². The molecule has 2 aromatic carbocycles. The molecular weight excluding hydrogens is 328 g/mol. The van der Waals surface area contributed by atoms with Crippen molar-refractivity contribution in [3.8, 4) is 11.4 Å². The van der Waals surface area contributed by atoms with Crippen molar-refractivity contribution < 1.29 is 0 Å². The van der Waals surface area contributed by atoms with E-state index in [0.717, 1.165) is 23.9 Å². The van der Waals surface area contributed by atoms with Crippen molar-refractivity contribution in [3.63, 3.8) is 0 Å². The molecule has 2 nitrogen and oxygen atoms in total. The number of hydrogen-bond acceptors (Lipinski definition) is 1. The summed E-state index contributed by atoms with van der Waals surface area (Å²) >= 11 is 6.18. The lowest BCUT2D eigenvalue weighted by atomic mass is 9.84. The van der Waals surface area contributed by atoms with Crippen LogP contribution in [0.3, 0.4) is 0 Å². The van der Waals surface area contributed by atoms with E-state index in [1.165, 1.54) is 43.2 Å². The molecule has 1 saturated carbocycles. The molecule has 1 aromatic heterocycles. The molecule has 0 saturated heterocycles. The van der Waals surface area contributed by atoms with Crippen LogP contribution in [-0.2, 0) is 6.54 Å². The van der Waals surface area contributed by atoms with E-state index in [4.69, 9.17) is 11.6 Å². The minimum absolute atomic E-state index is 0.540. The van der Waals surface area contributed by atoms with E-state index in [1.807, 2.05) is 24.4 Å². The van der Waals surface area contributed by atoms with Gasteiger partial charge in [0, 0.05) is 18.3 Å². The number of nitrogens with zero attached hydrogens (tertiary/aromatic N) is 2. The Hall–Kier alpha value is -2.06. The van der Waals surface area contributed by atoms with Gasteiger partial charge in [0.15, 0.2) is 0 Å². The lowest BCUT2D eigenvalue weighted by Crippen LogP contribution is -2.05. The van der Waals surface area contributed by atoms with Crippen LogP contribution < -0.4 is 0 Å². The van der Waals surface area contributed by atoms with E-state index in [2.05, 4.69) is 45.9 Å². The summed E-state index contributed by atoms with van der Waals surface area (Å²) in [6.45, 7) is 0.787. The summed E-state index contributed by atoms with van der Waals surface area (Å²) in [4.78, 5) is 4.50. The smallest absolute Gasteiger partial charge is 0.147 e. The van der Waals surface area contributed by atoms with E-state index in [-0.39, 0.29) is 0 Å². The highest BCUT2D eigenvalue weighted by Crippen LogP contribution is 2.32. The minimum Gasteiger partial charge on any atom is -0.325 e. The molecule has 25 heavy (non-hydrogen) atoms. The summed E-state index contributed by atoms with van der Waals surface area (Å²) in [5, 5.41) is 0.540. The molecule has 1 aliphatic carbocycles. The molecule has 0 amide bonds. The van der Waals surface area contributed by atoms with Crippen molar-refractivity contribution in [2.75, 3.05) is 0 Å². The van der Waals surface area contributed by atoms with Crippen LogP contribution in [0.25, 0.3) is 11.4 Å². The van der Waals surface area contributed by atoms with Gasteiger partial charge in [-0.2, -0.15) is 0 Å². The van der Waals surface area contributed by atoms with Crippen LogP contribution in [0.1, 0.15) is 49.1 Å². The quantitative estimate of drug-likeness (QED) is 0.540. The van der Waals surface area contributed by atoms with Crippen LogP contribution in [0.4, 0.5) is 0 Å². The summed E-state index contributed by atoms with van der Waals surface area (Å²) in [7, 11) is 0. The van der Waals surface area contributed by atoms with Gasteiger partial charge in [-0.1, -0.05) is 85.5 Å². The van der Waals surface area contributed by atoms with E-state index in [0.29, 0.717) is 5.15 Å². The number of imidazole rings is 1. The van der Waals surface area contributed by atoms with Gasteiger partial charge in [0.1, 0.15) is 11.0 Å². The summed E-state index contributed by atoms with van der Waals surface area (Å²) in [6.07, 6.45) is 8.75. The first kappa shape index (κ1) is 16.4. The summed E-state index contributed by atoms with van der Waals surface area (Å²) in [6, 6.07) is 19.4. The Morgan fingerprint density at radius 2 is 1.64 bits per heavy atom. The molecule has 0 aliphatic heterocycles. The fraction of sp³-hybridized carbons (Fsp3) is 0.318. The molecule has 0 unspecified atom stereocenters. The van der Waals surface area contributed by atoms with Gasteiger partial charge in [0.2, 0.25) is 0 Å². The average Bonchev–Trinajstić information content (AvgIpc) is 3.04. The molecule has 0 N–H and O–H groups in total. The summed E-state index contributed by atoms with van der Waals surface area (Å²) in [5.74, 6) is 1.67. The third-order valence-electron chi connectivity index (χ3n) is 5.19. The lowest BCUT2D eigenvalue weighted by molar-refractivity contribution is 0.443. The molecular formula is C22H23ClN2. The lowest BCUT2D eigenvalue weighted by Gasteiger charge is -2.22. The second-order valence-corrected chi connectivity index (χ2v) is 7.34. The third kappa shape index (κ3) is 3.80. The standard InChI is InChI=1S/C22H23ClN2/c23-21-16-25(22(24-21)20-9-5-2-6-10-20)15-17-11-13-19(14-12-17)18-7-3-1-4-8-18/h2,5-6,9-14,16,18H,1,3-4,7-8,15H2. The highest BCUT2D eigenvalue weighted by atomic mass is 35.5. The van der Waals surface area contributed by atoms with Crippen LogP contribution in [0.5, 0.6) is 0 Å². The zero-order valence-corrected chi connectivity index (χ0v) is 15.1. The van der Waals surface area contributed by atoms with Crippen molar-refractivity contribution in [2.45, 2.75) is 44.6 Å². The highest BCUT2D eigenvalue weighted by molar-refractivity contribution is 6.29. The normalized spacial score (nSPS) is 15.4. The number of hydrogen-bond donors (Lipinski definition) is 0. The predicted octanol–water partition coefficient (Wildman–Crippen LogP) is 6.30. The fourth-order valence-electron chi connectivity index (χ4n) is 3.85. The number of halogens is 1. The fourth-order valence-corrected chi connectivity index (χ4v) is 4.05. The van der Waals surface area contributed by atoms with Gasteiger partial charge < -0.3 is 4.57 Å². The number of rotatable bonds is 4. The molecule has 1 heterocycles. The molecule has 128 valence electrons. The van der Waals surface area contributed by atoms with Crippen LogP contribution in [0.15, 0.2) is 60.8 Å². The van der Waals surface area contributed by atoms with Crippen LogP contribution >= 0.6 is 11.6 Å². The molecule has 3 heteroatoms. The number of aromatic nitrogens is 2. The van der Waals surface area contributed by atoms with Crippen LogP contribution in [0, 0.1) is 0 Å².